The Morgan fingerprint density at radius 3 is 2.43 bits per heavy atom. The van der Waals surface area contributed by atoms with Gasteiger partial charge in [0.25, 0.3) is 0 Å². The summed E-state index contributed by atoms with van der Waals surface area (Å²) in [5.41, 5.74) is 0.485. The summed E-state index contributed by atoms with van der Waals surface area (Å²) in [5.74, 6) is 5.43. The molecule has 0 bridgehead atoms. The zero-order chi connectivity index (χ0) is 15.7. The van der Waals surface area contributed by atoms with Crippen LogP contribution in [0, 0.1) is 34.5 Å². The van der Waals surface area contributed by atoms with Crippen LogP contribution in [-0.2, 0) is 10.0 Å². The van der Waals surface area contributed by atoms with E-state index in [1.807, 2.05) is 0 Å². The van der Waals surface area contributed by atoms with Crippen molar-refractivity contribution in [3.05, 3.63) is 29.8 Å². The van der Waals surface area contributed by atoms with Crippen LogP contribution in [0.3, 0.4) is 0 Å². The third-order valence-electron chi connectivity index (χ3n) is 2.44. The summed E-state index contributed by atoms with van der Waals surface area (Å²) in [5, 5.41) is 26.0. The fourth-order valence-corrected chi connectivity index (χ4v) is 2.77. The van der Waals surface area contributed by atoms with Crippen LogP contribution < -0.4 is 0 Å². The van der Waals surface area contributed by atoms with Crippen LogP contribution in [-0.4, -0.2) is 37.5 Å². The molecule has 0 aliphatic rings. The lowest BCUT2D eigenvalue weighted by Crippen LogP contribution is -2.31. The average molecular weight is 303 g/mol. The van der Waals surface area contributed by atoms with Crippen LogP contribution in [0.15, 0.2) is 29.2 Å². The van der Waals surface area contributed by atoms with Gasteiger partial charge in [0.1, 0.15) is 13.1 Å². The summed E-state index contributed by atoms with van der Waals surface area (Å²) in [4.78, 5) is -0.0243. The smallest absolute Gasteiger partial charge is 0.245 e. The number of hydrogen-bond acceptors (Lipinski definition) is 5. The lowest BCUT2D eigenvalue weighted by molar-refractivity contribution is 0.305. The maximum absolute atomic E-state index is 12.3. The summed E-state index contributed by atoms with van der Waals surface area (Å²) < 4.78 is 25.5. The molecule has 0 heterocycles. The van der Waals surface area contributed by atoms with E-state index in [0.717, 1.165) is 4.31 Å². The third-order valence-corrected chi connectivity index (χ3v) is 4.22. The highest BCUT2D eigenvalue weighted by molar-refractivity contribution is 7.89. The van der Waals surface area contributed by atoms with Gasteiger partial charge in [0, 0.05) is 12.0 Å². The Morgan fingerprint density at radius 2 is 1.86 bits per heavy atom. The molecule has 0 amide bonds. The molecule has 1 aromatic rings. The number of aliphatic hydroxyl groups excluding tert-OH is 1. The molecule has 0 saturated heterocycles. The third kappa shape index (κ3) is 4.59. The topological polar surface area (TPSA) is 105 Å². The van der Waals surface area contributed by atoms with Gasteiger partial charge in [0.05, 0.1) is 23.6 Å². The Kier molecular flexibility index (Phi) is 6.39. The van der Waals surface area contributed by atoms with E-state index in [2.05, 4.69) is 11.8 Å². The van der Waals surface area contributed by atoms with Crippen molar-refractivity contribution in [2.24, 2.45) is 0 Å². The molecule has 21 heavy (non-hydrogen) atoms. The van der Waals surface area contributed by atoms with E-state index in [1.54, 1.807) is 18.2 Å². The first-order chi connectivity index (χ1) is 10.1. The highest BCUT2D eigenvalue weighted by Gasteiger charge is 2.24. The minimum Gasteiger partial charge on any atom is -0.395 e. The van der Waals surface area contributed by atoms with Crippen molar-refractivity contribution in [3.63, 3.8) is 0 Å². The van der Waals surface area contributed by atoms with Crippen molar-refractivity contribution in [1.29, 1.82) is 10.5 Å². The first-order valence-electron chi connectivity index (χ1n) is 6.00. The van der Waals surface area contributed by atoms with Crippen LogP contribution in [0.25, 0.3) is 0 Å². The lowest BCUT2D eigenvalue weighted by atomic mass is 10.2. The number of rotatable bonds is 5. The molecule has 0 spiro atoms. The minimum absolute atomic E-state index is 0.0243. The number of hydrogen-bond donors (Lipinski definition) is 1. The zero-order valence-corrected chi connectivity index (χ0v) is 12.0. The largest absolute Gasteiger partial charge is 0.395 e. The quantitative estimate of drug-likeness (QED) is 0.628. The monoisotopic (exact) mass is 303 g/mol. The maximum Gasteiger partial charge on any atom is 0.245 e. The van der Waals surface area contributed by atoms with Gasteiger partial charge in [-0.15, -0.1) is 0 Å². The van der Waals surface area contributed by atoms with Crippen LogP contribution in [0.5, 0.6) is 0 Å². The summed E-state index contributed by atoms with van der Waals surface area (Å²) in [6, 6.07) is 9.39. The fraction of sp³-hybridized carbons (Fsp3) is 0.286. The normalized spacial score (nSPS) is 10.3. The van der Waals surface area contributed by atoms with Crippen molar-refractivity contribution >= 4 is 10.0 Å². The average Bonchev–Trinajstić information content (AvgIpc) is 2.47. The highest BCUT2D eigenvalue weighted by Crippen LogP contribution is 2.16. The van der Waals surface area contributed by atoms with E-state index in [4.69, 9.17) is 15.6 Å². The number of nitrogens with zero attached hydrogens (tertiary/aromatic N) is 3. The van der Waals surface area contributed by atoms with E-state index in [1.165, 1.54) is 18.2 Å². The Balaban J connectivity index is 3.15. The van der Waals surface area contributed by atoms with E-state index in [0.29, 0.717) is 12.0 Å². The highest BCUT2D eigenvalue weighted by atomic mass is 32.2. The van der Waals surface area contributed by atoms with Gasteiger partial charge >= 0.3 is 0 Å². The van der Waals surface area contributed by atoms with Gasteiger partial charge in [-0.2, -0.15) is 14.8 Å². The molecule has 0 fully saturated rings. The number of aliphatic hydroxyl groups is 1. The second-order valence-corrected chi connectivity index (χ2v) is 5.83. The molecule has 0 radical (unpaired) electrons. The molecular weight excluding hydrogens is 290 g/mol. The van der Waals surface area contributed by atoms with Gasteiger partial charge in [0.15, 0.2) is 0 Å². The van der Waals surface area contributed by atoms with Crippen LogP contribution in [0.1, 0.15) is 12.0 Å². The molecule has 0 aliphatic carbocycles. The Labute approximate surface area is 123 Å². The zero-order valence-electron chi connectivity index (χ0n) is 11.2. The number of benzene rings is 1. The molecule has 0 aromatic heterocycles. The molecule has 0 aliphatic heterocycles. The Morgan fingerprint density at radius 1 is 1.19 bits per heavy atom. The first kappa shape index (κ1) is 16.7. The van der Waals surface area contributed by atoms with E-state index in [9.17, 15) is 8.42 Å². The molecule has 0 atom stereocenters. The number of nitriles is 2. The SMILES string of the molecule is N#CCN(CC#N)S(=O)(=O)c1cccc(C#CCCO)c1. The van der Waals surface area contributed by atoms with E-state index in [-0.39, 0.29) is 11.5 Å². The standard InChI is InChI=1S/C14H13N3O3S/c15-7-9-17(10-8-16)21(19,20)14-6-3-5-13(12-14)4-1-2-11-18/h3,5-6,12,18H,2,9-11H2. The predicted molar refractivity (Wildman–Crippen MR) is 75.0 cm³/mol. The van der Waals surface area contributed by atoms with Crippen LogP contribution in [0.4, 0.5) is 0 Å². The van der Waals surface area contributed by atoms with Gasteiger partial charge in [-0.05, 0) is 18.2 Å². The Bertz CT molecular complexity index is 717. The molecule has 1 rings (SSSR count). The summed E-state index contributed by atoms with van der Waals surface area (Å²) in [6.45, 7) is -0.851. The summed E-state index contributed by atoms with van der Waals surface area (Å²) >= 11 is 0. The van der Waals surface area contributed by atoms with Crippen molar-refractivity contribution < 1.29 is 13.5 Å². The van der Waals surface area contributed by atoms with Gasteiger partial charge in [-0.3, -0.25) is 0 Å². The molecule has 0 unspecified atom stereocenters. The molecule has 1 N–H and O–H groups in total. The fourth-order valence-electron chi connectivity index (χ4n) is 1.49. The van der Waals surface area contributed by atoms with Crippen LogP contribution in [0.2, 0.25) is 0 Å². The molecular formula is C14H13N3O3S. The molecule has 6 nitrogen and oxygen atoms in total. The second-order valence-electron chi connectivity index (χ2n) is 3.89. The second kappa shape index (κ2) is 8.04. The summed E-state index contributed by atoms with van der Waals surface area (Å²) in [6.07, 6.45) is 0.298. The van der Waals surface area contributed by atoms with Gasteiger partial charge in [-0.25, -0.2) is 8.42 Å². The minimum atomic E-state index is -3.91. The first-order valence-corrected chi connectivity index (χ1v) is 7.44. The molecule has 1 aromatic carbocycles. The summed E-state index contributed by atoms with van der Waals surface area (Å²) in [7, 11) is -3.91. The van der Waals surface area contributed by atoms with E-state index < -0.39 is 23.1 Å². The maximum atomic E-state index is 12.3. The van der Waals surface area contributed by atoms with Crippen molar-refractivity contribution in [2.75, 3.05) is 19.7 Å². The number of sulfonamides is 1. The van der Waals surface area contributed by atoms with Crippen LogP contribution >= 0.6 is 0 Å². The van der Waals surface area contributed by atoms with Gasteiger partial charge < -0.3 is 5.11 Å². The van der Waals surface area contributed by atoms with Crippen molar-refractivity contribution in [3.8, 4) is 24.0 Å². The molecule has 0 saturated carbocycles. The Hall–Kier alpha value is -2.37. The van der Waals surface area contributed by atoms with E-state index >= 15 is 0 Å². The molecule has 7 heteroatoms. The molecule has 108 valence electrons. The van der Waals surface area contributed by atoms with Gasteiger partial charge in [-0.1, -0.05) is 17.9 Å². The van der Waals surface area contributed by atoms with Crippen molar-refractivity contribution in [2.45, 2.75) is 11.3 Å². The van der Waals surface area contributed by atoms with Crippen molar-refractivity contribution in [1.82, 2.24) is 4.31 Å². The lowest BCUT2D eigenvalue weighted by Gasteiger charge is -2.15. The van der Waals surface area contributed by atoms with Gasteiger partial charge in [0.2, 0.25) is 10.0 Å². The predicted octanol–water partition coefficient (Wildman–Crippen LogP) is 0.458.